The maximum atomic E-state index is 11.7. The molecular weight excluding hydrogens is 218 g/mol. The van der Waals surface area contributed by atoms with Crippen LogP contribution in [-0.4, -0.2) is 23.5 Å². The van der Waals surface area contributed by atoms with Crippen LogP contribution in [0, 0.1) is 11.1 Å². The Kier molecular flexibility index (Phi) is 3.75. The summed E-state index contributed by atoms with van der Waals surface area (Å²) in [5, 5.41) is 10.9. The third-order valence-electron chi connectivity index (χ3n) is 2.85. The molecule has 1 aromatic carbocycles. The van der Waals surface area contributed by atoms with Crippen molar-refractivity contribution < 1.29 is 14.3 Å². The van der Waals surface area contributed by atoms with E-state index in [9.17, 15) is 10.0 Å². The van der Waals surface area contributed by atoms with Crippen LogP contribution in [0.15, 0.2) is 30.3 Å². The number of esters is 1. The predicted octanol–water partition coefficient (Wildman–Crippen LogP) is 1.72. The first kappa shape index (κ1) is 11.6. The van der Waals surface area contributed by atoms with Crippen molar-refractivity contribution in [3.05, 3.63) is 41.1 Å². The molecule has 1 heterocycles. The van der Waals surface area contributed by atoms with Gasteiger partial charge in [0.1, 0.15) is 6.61 Å². The van der Waals surface area contributed by atoms with Gasteiger partial charge in [0.15, 0.2) is 12.8 Å². The Hall–Kier alpha value is -1.84. The molecule has 1 aliphatic rings. The maximum absolute atomic E-state index is 11.7. The highest BCUT2D eigenvalue weighted by Crippen LogP contribution is 2.14. The lowest BCUT2D eigenvalue weighted by molar-refractivity contribution is -0.460. The summed E-state index contributed by atoms with van der Waals surface area (Å²) >= 11 is 0. The van der Waals surface area contributed by atoms with Gasteiger partial charge in [-0.25, -0.2) is 4.74 Å². The Balaban J connectivity index is 1.82. The fraction of sp³-hybridized carbons (Fsp3) is 0.385. The summed E-state index contributed by atoms with van der Waals surface area (Å²) in [6.07, 6.45) is 2.57. The van der Waals surface area contributed by atoms with E-state index in [1.807, 2.05) is 30.3 Å². The molecule has 0 bridgehead atoms. The molecule has 0 saturated carbocycles. The highest BCUT2D eigenvalue weighted by Gasteiger charge is 2.24. The van der Waals surface area contributed by atoms with Gasteiger partial charge >= 0.3 is 5.97 Å². The van der Waals surface area contributed by atoms with Crippen molar-refractivity contribution in [2.45, 2.75) is 19.4 Å². The molecule has 0 spiro atoms. The molecule has 0 saturated heterocycles. The van der Waals surface area contributed by atoms with Crippen LogP contribution < -0.4 is 0 Å². The summed E-state index contributed by atoms with van der Waals surface area (Å²) in [6, 6.07) is 9.57. The first-order valence-electron chi connectivity index (χ1n) is 5.73. The van der Waals surface area contributed by atoms with E-state index in [4.69, 9.17) is 4.74 Å². The zero-order valence-electron chi connectivity index (χ0n) is 9.54. The van der Waals surface area contributed by atoms with E-state index in [-0.39, 0.29) is 11.9 Å². The molecule has 0 N–H and O–H groups in total. The Labute approximate surface area is 100 Å². The lowest BCUT2D eigenvalue weighted by atomic mass is 10.0. The van der Waals surface area contributed by atoms with Crippen LogP contribution in [0.2, 0.25) is 0 Å². The van der Waals surface area contributed by atoms with Gasteiger partial charge in [0.05, 0.1) is 5.92 Å². The minimum Gasteiger partial charge on any atom is -0.624 e. The van der Waals surface area contributed by atoms with Gasteiger partial charge in [-0.05, 0) is 5.56 Å². The van der Waals surface area contributed by atoms with Gasteiger partial charge in [0.2, 0.25) is 0 Å². The summed E-state index contributed by atoms with van der Waals surface area (Å²) in [7, 11) is 0. The number of carbonyl (C=O) groups is 1. The third kappa shape index (κ3) is 3.31. The quantitative estimate of drug-likeness (QED) is 0.454. The van der Waals surface area contributed by atoms with Crippen molar-refractivity contribution in [3.63, 3.8) is 0 Å². The van der Waals surface area contributed by atoms with Crippen LogP contribution in [0.4, 0.5) is 0 Å². The SMILES string of the molecule is O=C(OCc1ccccc1)[C@H]1CC=[N+]([O-])CC1. The number of benzene rings is 1. The van der Waals surface area contributed by atoms with Crippen molar-refractivity contribution in [2.24, 2.45) is 5.92 Å². The number of rotatable bonds is 3. The van der Waals surface area contributed by atoms with E-state index in [1.54, 1.807) is 0 Å². The molecule has 0 aromatic heterocycles. The third-order valence-corrected chi connectivity index (χ3v) is 2.85. The summed E-state index contributed by atoms with van der Waals surface area (Å²) in [5.74, 6) is -0.373. The zero-order valence-corrected chi connectivity index (χ0v) is 9.54. The first-order chi connectivity index (χ1) is 8.25. The fourth-order valence-corrected chi connectivity index (χ4v) is 1.80. The second-order valence-corrected chi connectivity index (χ2v) is 4.14. The van der Waals surface area contributed by atoms with Crippen LogP contribution in [0.3, 0.4) is 0 Å². The van der Waals surface area contributed by atoms with Gasteiger partial charge in [0.25, 0.3) is 0 Å². The molecule has 2 rings (SSSR count). The molecule has 0 radical (unpaired) electrons. The van der Waals surface area contributed by atoms with Gasteiger partial charge in [-0.1, -0.05) is 30.3 Å². The zero-order chi connectivity index (χ0) is 12.1. The number of ether oxygens (including phenoxy) is 1. The molecule has 0 fully saturated rings. The van der Waals surface area contributed by atoms with Gasteiger partial charge in [-0.15, -0.1) is 0 Å². The van der Waals surface area contributed by atoms with E-state index in [1.165, 1.54) is 6.21 Å². The summed E-state index contributed by atoms with van der Waals surface area (Å²) in [4.78, 5) is 11.7. The van der Waals surface area contributed by atoms with Crippen LogP contribution in [0.5, 0.6) is 0 Å². The second kappa shape index (κ2) is 5.48. The standard InChI is InChI=1S/C13H15NO3/c15-13(12-6-8-14(16)9-7-12)17-10-11-4-2-1-3-5-11/h1-5,8,12H,6-7,9-10H2/t12-/m0/s1. The molecule has 0 amide bonds. The number of hydrogen-bond donors (Lipinski definition) is 0. The number of nitrogens with zero attached hydrogens (tertiary/aromatic N) is 1. The second-order valence-electron chi connectivity index (χ2n) is 4.14. The summed E-state index contributed by atoms with van der Waals surface area (Å²) < 4.78 is 6.10. The lowest BCUT2D eigenvalue weighted by Crippen LogP contribution is -2.27. The largest absolute Gasteiger partial charge is 0.624 e. The molecule has 4 nitrogen and oxygen atoms in total. The molecule has 0 unspecified atom stereocenters. The fourth-order valence-electron chi connectivity index (χ4n) is 1.80. The van der Waals surface area contributed by atoms with Crippen LogP contribution in [-0.2, 0) is 16.1 Å². The van der Waals surface area contributed by atoms with Gasteiger partial charge < -0.3 is 9.94 Å². The Morgan fingerprint density at radius 3 is 2.82 bits per heavy atom. The number of hydroxylamine groups is 1. The molecule has 0 aliphatic carbocycles. The lowest BCUT2D eigenvalue weighted by Gasteiger charge is -2.17. The highest BCUT2D eigenvalue weighted by atomic mass is 16.5. The maximum Gasteiger partial charge on any atom is 0.310 e. The van der Waals surface area contributed by atoms with E-state index in [0.717, 1.165) is 10.3 Å². The number of hydrogen-bond acceptors (Lipinski definition) is 3. The Morgan fingerprint density at radius 1 is 1.41 bits per heavy atom. The minimum atomic E-state index is -0.210. The van der Waals surface area contributed by atoms with Crippen LogP contribution in [0.1, 0.15) is 18.4 Å². The van der Waals surface area contributed by atoms with Crippen LogP contribution >= 0.6 is 0 Å². The summed E-state index contributed by atoms with van der Waals surface area (Å²) in [6.45, 7) is 0.683. The Bertz CT molecular complexity index is 414. The smallest absolute Gasteiger partial charge is 0.310 e. The molecule has 1 atom stereocenters. The monoisotopic (exact) mass is 233 g/mol. The van der Waals surface area contributed by atoms with Crippen molar-refractivity contribution in [1.29, 1.82) is 0 Å². The predicted molar refractivity (Wildman–Crippen MR) is 63.5 cm³/mol. The normalized spacial score (nSPS) is 19.5. The average Bonchev–Trinajstić information content (AvgIpc) is 2.38. The van der Waals surface area contributed by atoms with Crippen molar-refractivity contribution in [3.8, 4) is 0 Å². The van der Waals surface area contributed by atoms with Crippen LogP contribution in [0.25, 0.3) is 0 Å². The van der Waals surface area contributed by atoms with Gasteiger partial charge in [-0.2, -0.15) is 0 Å². The van der Waals surface area contributed by atoms with E-state index >= 15 is 0 Å². The van der Waals surface area contributed by atoms with E-state index in [2.05, 4.69) is 0 Å². The van der Waals surface area contributed by atoms with E-state index < -0.39 is 0 Å². The summed E-state index contributed by atoms with van der Waals surface area (Å²) in [5.41, 5.74) is 0.978. The van der Waals surface area contributed by atoms with Crippen molar-refractivity contribution in [1.82, 2.24) is 0 Å². The van der Waals surface area contributed by atoms with Gasteiger partial charge in [-0.3, -0.25) is 4.79 Å². The van der Waals surface area contributed by atoms with Gasteiger partial charge in [0, 0.05) is 12.8 Å². The highest BCUT2D eigenvalue weighted by molar-refractivity contribution is 5.76. The molecule has 17 heavy (non-hydrogen) atoms. The van der Waals surface area contributed by atoms with Crippen molar-refractivity contribution in [2.75, 3.05) is 6.54 Å². The Morgan fingerprint density at radius 2 is 2.18 bits per heavy atom. The van der Waals surface area contributed by atoms with E-state index in [0.29, 0.717) is 26.0 Å². The molecule has 4 heteroatoms. The molecule has 1 aromatic rings. The topological polar surface area (TPSA) is 52.4 Å². The molecular formula is C13H15NO3. The molecule has 1 aliphatic heterocycles. The first-order valence-corrected chi connectivity index (χ1v) is 5.73. The average molecular weight is 233 g/mol. The minimum absolute atomic E-state index is 0.163. The number of carbonyl (C=O) groups excluding carboxylic acids is 1. The van der Waals surface area contributed by atoms with Crippen molar-refractivity contribution >= 4 is 12.2 Å². The molecule has 90 valence electrons.